The van der Waals surface area contributed by atoms with Crippen LogP contribution in [0.4, 0.5) is 0 Å². The van der Waals surface area contributed by atoms with Gasteiger partial charge < -0.3 is 10.2 Å². The molecular formula is C15H19N5O. The second-order valence-corrected chi connectivity index (χ2v) is 5.37. The van der Waals surface area contributed by atoms with Gasteiger partial charge in [0.1, 0.15) is 5.82 Å². The third-order valence-corrected chi connectivity index (χ3v) is 3.74. The van der Waals surface area contributed by atoms with E-state index in [1.807, 2.05) is 19.1 Å². The van der Waals surface area contributed by atoms with E-state index in [9.17, 15) is 4.79 Å². The fraction of sp³-hybridized carbons (Fsp3) is 0.400. The molecule has 21 heavy (non-hydrogen) atoms. The molecule has 1 aromatic heterocycles. The van der Waals surface area contributed by atoms with Crippen LogP contribution >= 0.6 is 0 Å². The van der Waals surface area contributed by atoms with Crippen LogP contribution in [0.2, 0.25) is 0 Å². The van der Waals surface area contributed by atoms with Crippen LogP contribution in [0, 0.1) is 6.92 Å². The molecule has 3 rings (SSSR count). The molecule has 1 aromatic carbocycles. The van der Waals surface area contributed by atoms with Crippen molar-refractivity contribution >= 4 is 5.91 Å². The number of amides is 1. The number of benzene rings is 1. The summed E-state index contributed by atoms with van der Waals surface area (Å²) in [6, 6.07) is 5.94. The van der Waals surface area contributed by atoms with Gasteiger partial charge in [-0.15, -0.1) is 0 Å². The van der Waals surface area contributed by atoms with Crippen molar-refractivity contribution in [1.29, 1.82) is 0 Å². The van der Waals surface area contributed by atoms with E-state index >= 15 is 0 Å². The van der Waals surface area contributed by atoms with Crippen LogP contribution in [0.5, 0.6) is 0 Å². The Labute approximate surface area is 123 Å². The number of nitrogens with zero attached hydrogens (tertiary/aromatic N) is 3. The topological polar surface area (TPSA) is 73.9 Å². The second-order valence-electron chi connectivity index (χ2n) is 5.37. The number of hydrogen-bond acceptors (Lipinski definition) is 4. The SMILES string of the molecule is Cc1nc(CN(C)C(=O)c2cccc3c2CCNC3)n[nH]1. The van der Waals surface area contributed by atoms with Crippen molar-refractivity contribution in [3.63, 3.8) is 0 Å². The lowest BCUT2D eigenvalue weighted by atomic mass is 9.95. The number of hydrogen-bond donors (Lipinski definition) is 2. The standard InChI is InChI=1S/C15H19N5O/c1-10-17-14(19-18-10)9-20(2)15(21)13-5-3-4-11-8-16-7-6-12(11)13/h3-5,16H,6-9H2,1-2H3,(H,17,18,19). The summed E-state index contributed by atoms with van der Waals surface area (Å²) >= 11 is 0. The molecule has 0 saturated carbocycles. The molecule has 0 unspecified atom stereocenters. The van der Waals surface area contributed by atoms with Crippen LogP contribution < -0.4 is 5.32 Å². The van der Waals surface area contributed by atoms with Gasteiger partial charge in [-0.05, 0) is 37.1 Å². The summed E-state index contributed by atoms with van der Waals surface area (Å²) in [5.41, 5.74) is 3.18. The van der Waals surface area contributed by atoms with E-state index in [4.69, 9.17) is 0 Å². The fourth-order valence-electron chi connectivity index (χ4n) is 2.68. The average Bonchev–Trinajstić information content (AvgIpc) is 2.91. The molecule has 0 atom stereocenters. The highest BCUT2D eigenvalue weighted by atomic mass is 16.2. The van der Waals surface area contributed by atoms with Crippen LogP contribution in [0.1, 0.15) is 33.1 Å². The van der Waals surface area contributed by atoms with Crippen molar-refractivity contribution in [1.82, 2.24) is 25.4 Å². The van der Waals surface area contributed by atoms with Gasteiger partial charge in [0.2, 0.25) is 0 Å². The number of rotatable bonds is 3. The number of nitrogens with one attached hydrogen (secondary N) is 2. The van der Waals surface area contributed by atoms with Crippen LogP contribution in [-0.2, 0) is 19.5 Å². The Morgan fingerprint density at radius 1 is 1.43 bits per heavy atom. The number of aryl methyl sites for hydroxylation is 1. The summed E-state index contributed by atoms with van der Waals surface area (Å²) in [6.45, 7) is 4.01. The summed E-state index contributed by atoms with van der Waals surface area (Å²) in [6.07, 6.45) is 0.894. The zero-order valence-corrected chi connectivity index (χ0v) is 12.3. The maximum Gasteiger partial charge on any atom is 0.254 e. The summed E-state index contributed by atoms with van der Waals surface area (Å²) in [5.74, 6) is 1.42. The van der Waals surface area contributed by atoms with Gasteiger partial charge in [-0.25, -0.2) is 4.98 Å². The zero-order chi connectivity index (χ0) is 14.8. The summed E-state index contributed by atoms with van der Waals surface area (Å²) < 4.78 is 0. The minimum absolute atomic E-state index is 0.0243. The van der Waals surface area contributed by atoms with Gasteiger partial charge in [-0.2, -0.15) is 5.10 Å². The number of carbonyl (C=O) groups excluding carboxylic acids is 1. The highest BCUT2D eigenvalue weighted by molar-refractivity contribution is 5.95. The maximum atomic E-state index is 12.7. The minimum Gasteiger partial charge on any atom is -0.334 e. The number of aromatic amines is 1. The molecule has 0 fully saturated rings. The van der Waals surface area contributed by atoms with Crippen LogP contribution in [0.15, 0.2) is 18.2 Å². The first-order chi connectivity index (χ1) is 10.1. The largest absolute Gasteiger partial charge is 0.334 e. The van der Waals surface area contributed by atoms with E-state index in [1.54, 1.807) is 11.9 Å². The Morgan fingerprint density at radius 2 is 2.29 bits per heavy atom. The lowest BCUT2D eigenvalue weighted by Gasteiger charge is -2.22. The van der Waals surface area contributed by atoms with Gasteiger partial charge in [-0.3, -0.25) is 9.89 Å². The third-order valence-electron chi connectivity index (χ3n) is 3.74. The van der Waals surface area contributed by atoms with E-state index < -0.39 is 0 Å². The number of aromatic nitrogens is 3. The first-order valence-electron chi connectivity index (χ1n) is 7.10. The monoisotopic (exact) mass is 285 g/mol. The second kappa shape index (κ2) is 5.65. The van der Waals surface area contributed by atoms with Crippen LogP contribution in [-0.4, -0.2) is 39.6 Å². The predicted octanol–water partition coefficient (Wildman–Crippen LogP) is 1.03. The summed E-state index contributed by atoms with van der Waals surface area (Å²) in [5, 5.41) is 10.2. The molecule has 0 bridgehead atoms. The zero-order valence-electron chi connectivity index (χ0n) is 12.3. The minimum atomic E-state index is 0.0243. The molecular weight excluding hydrogens is 266 g/mol. The average molecular weight is 285 g/mol. The molecule has 6 heteroatoms. The van der Waals surface area contributed by atoms with Gasteiger partial charge in [0.15, 0.2) is 5.82 Å². The Balaban J connectivity index is 1.81. The molecule has 0 saturated heterocycles. The molecule has 6 nitrogen and oxygen atoms in total. The predicted molar refractivity (Wildman–Crippen MR) is 78.8 cm³/mol. The third kappa shape index (κ3) is 2.80. The molecule has 0 spiro atoms. The van der Waals surface area contributed by atoms with Crippen molar-refractivity contribution in [3.8, 4) is 0 Å². The summed E-state index contributed by atoms with van der Waals surface area (Å²) in [7, 11) is 1.79. The van der Waals surface area contributed by atoms with E-state index in [0.717, 1.165) is 30.9 Å². The number of fused-ring (bicyclic) bond motifs is 1. The lowest BCUT2D eigenvalue weighted by molar-refractivity contribution is 0.0780. The van der Waals surface area contributed by atoms with Crippen molar-refractivity contribution < 1.29 is 4.79 Å². The van der Waals surface area contributed by atoms with Gasteiger partial charge in [0, 0.05) is 19.2 Å². The van der Waals surface area contributed by atoms with Gasteiger partial charge in [0.05, 0.1) is 6.54 Å². The highest BCUT2D eigenvalue weighted by Gasteiger charge is 2.20. The first kappa shape index (κ1) is 13.8. The smallest absolute Gasteiger partial charge is 0.254 e. The highest BCUT2D eigenvalue weighted by Crippen LogP contribution is 2.20. The van der Waals surface area contributed by atoms with Crippen LogP contribution in [0.25, 0.3) is 0 Å². The van der Waals surface area contributed by atoms with Crippen LogP contribution in [0.3, 0.4) is 0 Å². The Kier molecular flexibility index (Phi) is 3.70. The maximum absolute atomic E-state index is 12.7. The quantitative estimate of drug-likeness (QED) is 0.883. The lowest BCUT2D eigenvalue weighted by Crippen LogP contribution is -2.31. The molecule has 1 aliphatic heterocycles. The van der Waals surface area contributed by atoms with Crippen molar-refractivity contribution in [2.24, 2.45) is 0 Å². The van der Waals surface area contributed by atoms with E-state index in [1.165, 1.54) is 11.1 Å². The normalized spacial score (nSPS) is 13.8. The molecule has 1 aliphatic rings. The van der Waals surface area contributed by atoms with Crippen molar-refractivity contribution in [2.45, 2.75) is 26.4 Å². The van der Waals surface area contributed by atoms with E-state index in [0.29, 0.717) is 12.4 Å². The fourth-order valence-corrected chi connectivity index (χ4v) is 2.68. The van der Waals surface area contributed by atoms with Gasteiger partial charge in [0.25, 0.3) is 5.91 Å². The molecule has 2 N–H and O–H groups in total. The van der Waals surface area contributed by atoms with Gasteiger partial charge >= 0.3 is 0 Å². The Morgan fingerprint density at radius 3 is 3.05 bits per heavy atom. The van der Waals surface area contributed by atoms with E-state index in [2.05, 4.69) is 26.6 Å². The first-order valence-corrected chi connectivity index (χ1v) is 7.10. The molecule has 0 aliphatic carbocycles. The van der Waals surface area contributed by atoms with Crippen molar-refractivity contribution in [3.05, 3.63) is 46.5 Å². The molecule has 0 radical (unpaired) electrons. The molecule has 2 aromatic rings. The molecule has 1 amide bonds. The van der Waals surface area contributed by atoms with Crippen molar-refractivity contribution in [2.75, 3.05) is 13.6 Å². The summed E-state index contributed by atoms with van der Waals surface area (Å²) in [4.78, 5) is 18.6. The Bertz CT molecular complexity index is 664. The number of carbonyl (C=O) groups is 1. The van der Waals surface area contributed by atoms with Gasteiger partial charge in [-0.1, -0.05) is 12.1 Å². The van der Waals surface area contributed by atoms with E-state index in [-0.39, 0.29) is 5.91 Å². The Hall–Kier alpha value is -2.21. The molecule has 2 heterocycles. The molecule has 110 valence electrons. The number of H-pyrrole nitrogens is 1.